The van der Waals surface area contributed by atoms with Crippen molar-refractivity contribution < 1.29 is 9.53 Å². The molecular formula is C18H40O2. The molecule has 2 nitrogen and oxygen atoms in total. The monoisotopic (exact) mass is 288 g/mol. The minimum atomic E-state index is -0.291. The van der Waals surface area contributed by atoms with Crippen LogP contribution >= 0.6 is 0 Å². The second-order valence-corrected chi connectivity index (χ2v) is 6.29. The van der Waals surface area contributed by atoms with Gasteiger partial charge >= 0.3 is 5.97 Å². The molecule has 2 heteroatoms. The second kappa shape index (κ2) is 10.2. The lowest BCUT2D eigenvalue weighted by Gasteiger charge is -2.38. The molecule has 0 heterocycles. The van der Waals surface area contributed by atoms with Gasteiger partial charge in [-0.2, -0.15) is 0 Å². The van der Waals surface area contributed by atoms with E-state index in [0.29, 0.717) is 5.92 Å². The van der Waals surface area contributed by atoms with Gasteiger partial charge in [-0.1, -0.05) is 55.9 Å². The van der Waals surface area contributed by atoms with Crippen molar-refractivity contribution in [2.75, 3.05) is 0 Å². The Bertz CT molecular complexity index is 250. The summed E-state index contributed by atoms with van der Waals surface area (Å²) in [4.78, 5) is 11.9. The highest BCUT2D eigenvalue weighted by molar-refractivity contribution is 5.72. The van der Waals surface area contributed by atoms with Gasteiger partial charge in [0.1, 0.15) is 5.60 Å². The normalized spacial score (nSPS) is 23.4. The zero-order valence-electron chi connectivity index (χ0n) is 12.1. The van der Waals surface area contributed by atoms with Gasteiger partial charge in [-0.25, -0.2) is 0 Å². The number of hydrogen-bond donors (Lipinski definition) is 0. The largest absolute Gasteiger partial charge is 0.459 e. The Balaban J connectivity index is -0.000000963. The minimum Gasteiger partial charge on any atom is -0.459 e. The van der Waals surface area contributed by atoms with Crippen LogP contribution in [0.25, 0.3) is 0 Å². The van der Waals surface area contributed by atoms with Crippen LogP contribution in [0.4, 0.5) is 0 Å². The van der Waals surface area contributed by atoms with Crippen LogP contribution in [0.3, 0.4) is 0 Å². The van der Waals surface area contributed by atoms with Crippen molar-refractivity contribution >= 4 is 5.97 Å². The Morgan fingerprint density at radius 3 is 2.00 bits per heavy atom. The smallest absolute Gasteiger partial charge is 0.309 e. The van der Waals surface area contributed by atoms with E-state index in [2.05, 4.69) is 20.8 Å². The predicted molar refractivity (Wildman–Crippen MR) is 90.9 cm³/mol. The molecule has 0 aliphatic heterocycles. The average Bonchev–Trinajstić information content (AvgIpc) is 2.27. The van der Waals surface area contributed by atoms with Crippen LogP contribution in [0.2, 0.25) is 0 Å². The Morgan fingerprint density at radius 1 is 1.15 bits per heavy atom. The lowest BCUT2D eigenvalue weighted by atomic mass is 9.75. The van der Waals surface area contributed by atoms with E-state index in [4.69, 9.17) is 4.74 Å². The van der Waals surface area contributed by atoms with Gasteiger partial charge in [0.25, 0.3) is 0 Å². The fourth-order valence-corrected chi connectivity index (χ4v) is 2.57. The molecule has 1 aliphatic rings. The van der Waals surface area contributed by atoms with E-state index in [1.807, 2.05) is 13.8 Å². The lowest BCUT2D eigenvalue weighted by Crippen LogP contribution is -2.39. The number of rotatable bonds is 4. The Labute approximate surface area is 128 Å². The van der Waals surface area contributed by atoms with Crippen LogP contribution in [0.15, 0.2) is 0 Å². The first-order valence-electron chi connectivity index (χ1n) is 7.09. The molecule has 1 saturated carbocycles. The van der Waals surface area contributed by atoms with Crippen molar-refractivity contribution in [1.82, 2.24) is 0 Å². The summed E-state index contributed by atoms with van der Waals surface area (Å²) < 4.78 is 5.73. The van der Waals surface area contributed by atoms with Gasteiger partial charge in [0.15, 0.2) is 0 Å². The van der Waals surface area contributed by atoms with Crippen molar-refractivity contribution in [3.8, 4) is 0 Å². The minimum absolute atomic E-state index is 0. The molecule has 0 saturated heterocycles. The number of carbonyl (C=O) groups excluding carboxylic acids is 1. The zero-order valence-corrected chi connectivity index (χ0v) is 12.1. The standard InChI is InChI=1S/C15H28O2.3CH4/c1-6-12(3)14(16)17-15(4,5)13-9-7-11(2)8-10-13;;;/h11-13H,6-10H2,1-5H3;3*1H4. The van der Waals surface area contributed by atoms with E-state index in [9.17, 15) is 4.79 Å². The van der Waals surface area contributed by atoms with Crippen molar-refractivity contribution in [3.63, 3.8) is 0 Å². The third-order valence-electron chi connectivity index (χ3n) is 4.38. The zero-order chi connectivity index (χ0) is 13.1. The van der Waals surface area contributed by atoms with E-state index >= 15 is 0 Å². The number of esters is 1. The van der Waals surface area contributed by atoms with Crippen molar-refractivity contribution in [1.29, 1.82) is 0 Å². The maximum atomic E-state index is 11.9. The van der Waals surface area contributed by atoms with Gasteiger partial charge < -0.3 is 4.74 Å². The molecule has 0 radical (unpaired) electrons. The van der Waals surface area contributed by atoms with Gasteiger partial charge in [0.2, 0.25) is 0 Å². The quantitative estimate of drug-likeness (QED) is 0.585. The van der Waals surface area contributed by atoms with Gasteiger partial charge in [-0.3, -0.25) is 4.79 Å². The van der Waals surface area contributed by atoms with Crippen molar-refractivity contribution in [2.45, 2.75) is 94.6 Å². The first-order valence-corrected chi connectivity index (χ1v) is 7.09. The summed E-state index contributed by atoms with van der Waals surface area (Å²) in [6.07, 6.45) is 5.80. The Hall–Kier alpha value is -0.530. The SMILES string of the molecule is C.C.C.CCC(C)C(=O)OC(C)(C)C1CCC(C)CC1. The summed E-state index contributed by atoms with van der Waals surface area (Å²) in [5.74, 6) is 1.37. The van der Waals surface area contributed by atoms with Crippen LogP contribution < -0.4 is 0 Å². The summed E-state index contributed by atoms with van der Waals surface area (Å²) in [7, 11) is 0. The third-order valence-corrected chi connectivity index (χ3v) is 4.38. The molecular weight excluding hydrogens is 248 g/mol. The van der Waals surface area contributed by atoms with E-state index in [1.165, 1.54) is 25.7 Å². The van der Waals surface area contributed by atoms with Crippen LogP contribution in [-0.2, 0) is 9.53 Å². The highest BCUT2D eigenvalue weighted by Gasteiger charge is 2.36. The molecule has 0 aromatic rings. The Kier molecular flexibility index (Phi) is 12.5. The molecule has 1 unspecified atom stereocenters. The topological polar surface area (TPSA) is 26.3 Å². The maximum Gasteiger partial charge on any atom is 0.309 e. The number of ether oxygens (including phenoxy) is 1. The van der Waals surface area contributed by atoms with E-state index in [0.717, 1.165) is 12.3 Å². The number of carbonyl (C=O) groups is 1. The van der Waals surface area contributed by atoms with Crippen LogP contribution in [0, 0.1) is 17.8 Å². The first kappa shape index (κ1) is 24.5. The van der Waals surface area contributed by atoms with Crippen LogP contribution in [0.5, 0.6) is 0 Å². The van der Waals surface area contributed by atoms with Gasteiger partial charge in [0, 0.05) is 0 Å². The third kappa shape index (κ3) is 6.76. The highest BCUT2D eigenvalue weighted by atomic mass is 16.6. The van der Waals surface area contributed by atoms with Crippen molar-refractivity contribution in [3.05, 3.63) is 0 Å². The summed E-state index contributed by atoms with van der Waals surface area (Å²) >= 11 is 0. The molecule has 1 rings (SSSR count). The maximum absolute atomic E-state index is 11.9. The van der Waals surface area contributed by atoms with Gasteiger partial charge in [-0.15, -0.1) is 0 Å². The average molecular weight is 289 g/mol. The fourth-order valence-electron chi connectivity index (χ4n) is 2.57. The molecule has 0 aromatic heterocycles. The molecule has 1 aliphatic carbocycles. The molecule has 1 fully saturated rings. The molecule has 20 heavy (non-hydrogen) atoms. The number of hydrogen-bond acceptors (Lipinski definition) is 2. The van der Waals surface area contributed by atoms with Crippen molar-refractivity contribution in [2.24, 2.45) is 17.8 Å². The molecule has 0 amide bonds. The molecule has 0 bridgehead atoms. The van der Waals surface area contributed by atoms with E-state index in [-0.39, 0.29) is 39.8 Å². The van der Waals surface area contributed by atoms with Gasteiger partial charge in [0.05, 0.1) is 5.92 Å². The molecule has 1 atom stereocenters. The summed E-state index contributed by atoms with van der Waals surface area (Å²) in [5, 5.41) is 0. The predicted octanol–water partition coefficient (Wildman–Crippen LogP) is 6.09. The first-order chi connectivity index (χ1) is 7.86. The summed E-state index contributed by atoms with van der Waals surface area (Å²) in [6.45, 7) is 10.4. The van der Waals surface area contributed by atoms with Gasteiger partial charge in [-0.05, 0) is 44.9 Å². The van der Waals surface area contributed by atoms with E-state index in [1.54, 1.807) is 0 Å². The lowest BCUT2D eigenvalue weighted by molar-refractivity contribution is -0.167. The molecule has 124 valence electrons. The summed E-state index contributed by atoms with van der Waals surface area (Å²) in [5.41, 5.74) is -0.291. The van der Waals surface area contributed by atoms with Crippen LogP contribution in [-0.4, -0.2) is 11.6 Å². The molecule has 0 spiro atoms. The summed E-state index contributed by atoms with van der Waals surface area (Å²) in [6, 6.07) is 0. The molecule has 0 N–H and O–H groups in total. The van der Waals surface area contributed by atoms with E-state index < -0.39 is 0 Å². The highest BCUT2D eigenvalue weighted by Crippen LogP contribution is 2.37. The fraction of sp³-hybridized carbons (Fsp3) is 0.944. The molecule has 0 aromatic carbocycles. The van der Waals surface area contributed by atoms with Crippen LogP contribution in [0.1, 0.15) is 89.0 Å². The second-order valence-electron chi connectivity index (χ2n) is 6.29. The Morgan fingerprint density at radius 2 is 1.60 bits per heavy atom.